The number of aromatic nitrogens is 3. The van der Waals surface area contributed by atoms with Crippen LogP contribution in [0.4, 0.5) is 22.0 Å². The Balaban J connectivity index is 0.00000115. The molecule has 4 rings (SSSR count). The first kappa shape index (κ1) is 27.3. The van der Waals surface area contributed by atoms with E-state index in [1.165, 1.54) is 29.5 Å². The largest absolute Gasteiger partial charge is 0.416 e. The zero-order valence-electron chi connectivity index (χ0n) is 19.1. The molecule has 0 fully saturated rings. The second-order valence-electron chi connectivity index (χ2n) is 7.66. The first-order chi connectivity index (χ1) is 16.9. The molecule has 0 N–H and O–H groups in total. The highest BCUT2D eigenvalue weighted by molar-refractivity contribution is 8.01. The van der Waals surface area contributed by atoms with Crippen LogP contribution in [0.2, 0.25) is 0 Å². The maximum Gasteiger partial charge on any atom is 0.416 e. The summed E-state index contributed by atoms with van der Waals surface area (Å²) in [6.45, 7) is 5.78. The zero-order chi connectivity index (χ0) is 26.6. The molecule has 188 valence electrons. The van der Waals surface area contributed by atoms with Gasteiger partial charge in [0, 0.05) is 22.6 Å². The SMILES string of the molecule is Cc1nn(-c2nc(-c3ccc(C(F)(F)F)cc3)c(SC(C)C)s2)cc1-c1ccc(F)c(F)c1.O=C=O. The lowest BCUT2D eigenvalue weighted by Crippen LogP contribution is -2.04. The summed E-state index contributed by atoms with van der Waals surface area (Å²) >= 11 is 2.92. The van der Waals surface area contributed by atoms with Crippen LogP contribution in [0.3, 0.4) is 0 Å². The standard InChI is InChI=1S/C23H18F5N3S2.CO2/c1-12(2)32-21-20(14-4-7-16(8-5-14)23(26,27)28)29-22(33-21)31-11-17(13(3)30-31)15-6-9-18(24)19(25)10-15;2-1-3/h4-12H,1-3H3;. The van der Waals surface area contributed by atoms with E-state index >= 15 is 0 Å². The number of benzene rings is 2. The van der Waals surface area contributed by atoms with Crippen molar-refractivity contribution in [2.24, 2.45) is 0 Å². The van der Waals surface area contributed by atoms with Crippen LogP contribution in [0.1, 0.15) is 25.1 Å². The first-order valence-electron chi connectivity index (χ1n) is 10.3. The molecule has 0 amide bonds. The van der Waals surface area contributed by atoms with Gasteiger partial charge in [-0.2, -0.15) is 27.9 Å². The van der Waals surface area contributed by atoms with Crippen molar-refractivity contribution in [1.29, 1.82) is 0 Å². The molecule has 2 heterocycles. The van der Waals surface area contributed by atoms with Gasteiger partial charge in [0.05, 0.1) is 21.2 Å². The quantitative estimate of drug-likeness (QED) is 0.199. The smallest absolute Gasteiger partial charge is 0.217 e. The van der Waals surface area contributed by atoms with E-state index in [1.54, 1.807) is 29.6 Å². The molecule has 0 atom stereocenters. The Labute approximate surface area is 211 Å². The highest BCUT2D eigenvalue weighted by Crippen LogP contribution is 2.40. The number of nitrogens with zero attached hydrogens (tertiary/aromatic N) is 3. The minimum Gasteiger partial charge on any atom is -0.217 e. The number of halogens is 5. The number of rotatable bonds is 5. The molecule has 2 aromatic carbocycles. The van der Waals surface area contributed by atoms with Gasteiger partial charge in [-0.15, -0.1) is 11.8 Å². The minimum absolute atomic E-state index is 0.226. The third kappa shape index (κ3) is 6.26. The van der Waals surface area contributed by atoms with Crippen molar-refractivity contribution in [3.05, 3.63) is 71.6 Å². The van der Waals surface area contributed by atoms with Gasteiger partial charge in [0.15, 0.2) is 11.6 Å². The molecule has 0 aliphatic rings. The van der Waals surface area contributed by atoms with E-state index in [0.717, 1.165) is 28.5 Å². The maximum absolute atomic E-state index is 13.7. The number of thioether (sulfide) groups is 1. The van der Waals surface area contributed by atoms with Gasteiger partial charge in [-0.05, 0) is 36.8 Å². The summed E-state index contributed by atoms with van der Waals surface area (Å²) in [6, 6.07) is 8.54. The second kappa shape index (κ2) is 11.2. The molecular weight excluding hydrogens is 521 g/mol. The summed E-state index contributed by atoms with van der Waals surface area (Å²) in [5, 5.41) is 5.22. The van der Waals surface area contributed by atoms with Gasteiger partial charge >= 0.3 is 12.3 Å². The van der Waals surface area contributed by atoms with Crippen molar-refractivity contribution in [2.75, 3.05) is 0 Å². The van der Waals surface area contributed by atoms with E-state index in [0.29, 0.717) is 33.2 Å². The van der Waals surface area contributed by atoms with Crippen molar-refractivity contribution in [2.45, 2.75) is 36.4 Å². The number of carbonyl (C=O) groups excluding carboxylic acids is 2. The molecule has 0 saturated heterocycles. The van der Waals surface area contributed by atoms with Gasteiger partial charge < -0.3 is 0 Å². The first-order valence-corrected chi connectivity index (χ1v) is 12.0. The summed E-state index contributed by atoms with van der Waals surface area (Å²) in [5.74, 6) is -1.88. The van der Waals surface area contributed by atoms with Gasteiger partial charge in [-0.1, -0.05) is 43.4 Å². The third-order valence-electron chi connectivity index (χ3n) is 4.74. The van der Waals surface area contributed by atoms with Gasteiger partial charge in [0.25, 0.3) is 0 Å². The zero-order valence-corrected chi connectivity index (χ0v) is 20.7. The number of aryl methyl sites for hydroxylation is 1. The Morgan fingerprint density at radius 1 is 1.00 bits per heavy atom. The van der Waals surface area contributed by atoms with Gasteiger partial charge in [0.1, 0.15) is 0 Å². The Morgan fingerprint density at radius 2 is 1.61 bits per heavy atom. The lowest BCUT2D eigenvalue weighted by Gasteiger charge is -2.08. The number of hydrogen-bond acceptors (Lipinski definition) is 6. The molecule has 12 heteroatoms. The highest BCUT2D eigenvalue weighted by Gasteiger charge is 2.30. The normalized spacial score (nSPS) is 11.2. The molecule has 2 aromatic heterocycles. The van der Waals surface area contributed by atoms with Gasteiger partial charge in [-0.3, -0.25) is 0 Å². The highest BCUT2D eigenvalue weighted by atomic mass is 32.2. The summed E-state index contributed by atoms with van der Waals surface area (Å²) in [5.41, 5.74) is 2.12. The summed E-state index contributed by atoms with van der Waals surface area (Å²) in [7, 11) is 0. The average Bonchev–Trinajstić information content (AvgIpc) is 3.39. The molecule has 0 bridgehead atoms. The molecule has 0 aliphatic heterocycles. The van der Waals surface area contributed by atoms with E-state index in [9.17, 15) is 22.0 Å². The van der Waals surface area contributed by atoms with Crippen molar-refractivity contribution in [3.63, 3.8) is 0 Å². The van der Waals surface area contributed by atoms with Crippen LogP contribution in [0.15, 0.2) is 52.9 Å². The van der Waals surface area contributed by atoms with Crippen molar-refractivity contribution in [3.8, 4) is 27.5 Å². The minimum atomic E-state index is -4.41. The Kier molecular flexibility index (Phi) is 8.44. The summed E-state index contributed by atoms with van der Waals surface area (Å²) in [4.78, 5) is 20.9. The predicted octanol–water partition coefficient (Wildman–Crippen LogP) is 7.19. The fourth-order valence-electron chi connectivity index (χ4n) is 3.19. The third-order valence-corrected chi connectivity index (χ3v) is 7.00. The molecule has 0 spiro atoms. The predicted molar refractivity (Wildman–Crippen MR) is 126 cm³/mol. The Morgan fingerprint density at radius 3 is 2.17 bits per heavy atom. The summed E-state index contributed by atoms with van der Waals surface area (Å²) < 4.78 is 68.3. The molecule has 0 saturated carbocycles. The average molecular weight is 540 g/mol. The van der Waals surface area contributed by atoms with E-state index < -0.39 is 23.4 Å². The Hall–Kier alpha value is -3.34. The van der Waals surface area contributed by atoms with Crippen LogP contribution in [0, 0.1) is 18.6 Å². The molecule has 0 radical (unpaired) electrons. The van der Waals surface area contributed by atoms with Crippen molar-refractivity contribution in [1.82, 2.24) is 14.8 Å². The number of thiazole rings is 1. The lowest BCUT2D eigenvalue weighted by atomic mass is 10.1. The van der Waals surface area contributed by atoms with Crippen LogP contribution in [-0.2, 0) is 15.8 Å². The Bertz CT molecular complexity index is 1390. The molecule has 0 unspecified atom stereocenters. The maximum atomic E-state index is 13.7. The molecule has 4 aromatic rings. The summed E-state index contributed by atoms with van der Waals surface area (Å²) in [6.07, 6.45) is -2.48. The molecule has 36 heavy (non-hydrogen) atoms. The van der Waals surface area contributed by atoms with Crippen LogP contribution >= 0.6 is 23.1 Å². The van der Waals surface area contributed by atoms with Crippen LogP contribution in [0.25, 0.3) is 27.5 Å². The van der Waals surface area contributed by atoms with Gasteiger partial charge in [0.2, 0.25) is 5.13 Å². The molecule has 0 aliphatic carbocycles. The van der Waals surface area contributed by atoms with Gasteiger partial charge in [-0.25, -0.2) is 18.4 Å². The van der Waals surface area contributed by atoms with E-state index in [1.807, 2.05) is 13.8 Å². The van der Waals surface area contributed by atoms with E-state index in [2.05, 4.69) is 10.1 Å². The fourth-order valence-corrected chi connectivity index (χ4v) is 5.64. The second-order valence-corrected chi connectivity index (χ2v) is 10.5. The van der Waals surface area contributed by atoms with Crippen molar-refractivity contribution >= 4 is 29.3 Å². The van der Waals surface area contributed by atoms with Crippen LogP contribution < -0.4 is 0 Å². The van der Waals surface area contributed by atoms with E-state index in [4.69, 9.17) is 9.59 Å². The topological polar surface area (TPSA) is 64.8 Å². The van der Waals surface area contributed by atoms with Crippen LogP contribution in [0.5, 0.6) is 0 Å². The lowest BCUT2D eigenvalue weighted by molar-refractivity contribution is -0.191. The van der Waals surface area contributed by atoms with Crippen LogP contribution in [-0.4, -0.2) is 26.2 Å². The number of alkyl halides is 3. The number of hydrogen-bond donors (Lipinski definition) is 0. The fraction of sp³-hybridized carbons (Fsp3) is 0.208. The monoisotopic (exact) mass is 539 g/mol. The van der Waals surface area contributed by atoms with E-state index in [-0.39, 0.29) is 11.4 Å². The van der Waals surface area contributed by atoms with Crippen molar-refractivity contribution < 1.29 is 31.5 Å². The molecular formula is C24H18F5N3O2S2. The molecule has 5 nitrogen and oxygen atoms in total.